The molecule has 2 heterocycles. The molecule has 0 saturated carbocycles. The van der Waals surface area contributed by atoms with Gasteiger partial charge in [-0.05, 0) is 36.8 Å². The molecule has 28 heavy (non-hydrogen) atoms. The molecular formula is C20H24ClN5O2. The number of rotatable bonds is 5. The number of halogens is 1. The number of amides is 3. The zero-order chi connectivity index (χ0) is 19.9. The second kappa shape index (κ2) is 9.41. The molecule has 0 aliphatic carbocycles. The number of hydrogen-bond acceptors (Lipinski definition) is 4. The van der Waals surface area contributed by atoms with Crippen LogP contribution in [0.2, 0.25) is 5.02 Å². The summed E-state index contributed by atoms with van der Waals surface area (Å²) in [7, 11) is 0. The summed E-state index contributed by atoms with van der Waals surface area (Å²) in [4.78, 5) is 32.9. The van der Waals surface area contributed by atoms with E-state index >= 15 is 0 Å². The van der Waals surface area contributed by atoms with Crippen molar-refractivity contribution >= 4 is 29.4 Å². The molecule has 2 N–H and O–H groups in total. The molecule has 7 nitrogen and oxygen atoms in total. The second-order valence-electron chi connectivity index (χ2n) is 6.68. The first kappa shape index (κ1) is 19.9. The number of benzene rings is 1. The Bertz CT molecular complexity index is 809. The third-order valence-corrected chi connectivity index (χ3v) is 4.86. The maximum absolute atomic E-state index is 12.5. The lowest BCUT2D eigenvalue weighted by atomic mass is 10.2. The van der Waals surface area contributed by atoms with E-state index in [0.717, 1.165) is 11.4 Å². The van der Waals surface area contributed by atoms with E-state index in [4.69, 9.17) is 11.6 Å². The van der Waals surface area contributed by atoms with Crippen molar-refractivity contribution in [1.29, 1.82) is 0 Å². The van der Waals surface area contributed by atoms with Crippen molar-refractivity contribution in [3.8, 4) is 0 Å². The lowest BCUT2D eigenvalue weighted by molar-refractivity contribution is -0.122. The summed E-state index contributed by atoms with van der Waals surface area (Å²) in [5.41, 5.74) is 0.907. The van der Waals surface area contributed by atoms with E-state index in [9.17, 15) is 9.59 Å². The van der Waals surface area contributed by atoms with Gasteiger partial charge in [-0.25, -0.2) is 9.78 Å². The number of anilines is 1. The first-order valence-electron chi connectivity index (χ1n) is 9.26. The standard InChI is InChI=1S/C20H24ClN5O2/c1-15(19(27)23-14-16-5-4-6-17(21)13-16)24-20(28)26-11-9-25(10-12-26)18-7-2-3-8-22-18/h2-8,13,15H,9-12,14H2,1H3,(H,23,27)(H,24,28)/t15-/m1/s1. The lowest BCUT2D eigenvalue weighted by Crippen LogP contribution is -2.55. The molecule has 8 heteroatoms. The van der Waals surface area contributed by atoms with E-state index in [1.807, 2.05) is 30.3 Å². The highest BCUT2D eigenvalue weighted by Crippen LogP contribution is 2.13. The van der Waals surface area contributed by atoms with Crippen molar-refractivity contribution in [2.45, 2.75) is 19.5 Å². The van der Waals surface area contributed by atoms with Crippen LogP contribution in [0, 0.1) is 0 Å². The zero-order valence-electron chi connectivity index (χ0n) is 15.8. The number of carbonyl (C=O) groups excluding carboxylic acids is 2. The predicted molar refractivity (Wildman–Crippen MR) is 109 cm³/mol. The van der Waals surface area contributed by atoms with E-state index in [1.54, 1.807) is 30.2 Å². The Kier molecular flexibility index (Phi) is 6.71. The van der Waals surface area contributed by atoms with Crippen LogP contribution in [0.25, 0.3) is 0 Å². The number of hydrogen-bond donors (Lipinski definition) is 2. The highest BCUT2D eigenvalue weighted by molar-refractivity contribution is 6.30. The Labute approximate surface area is 169 Å². The SMILES string of the molecule is C[C@@H](NC(=O)N1CCN(c2ccccn2)CC1)C(=O)NCc1cccc(Cl)c1. The van der Waals surface area contributed by atoms with E-state index in [2.05, 4.69) is 20.5 Å². The Morgan fingerprint density at radius 3 is 2.61 bits per heavy atom. The van der Waals surface area contributed by atoms with Crippen LogP contribution < -0.4 is 15.5 Å². The summed E-state index contributed by atoms with van der Waals surface area (Å²) >= 11 is 5.94. The van der Waals surface area contributed by atoms with E-state index in [0.29, 0.717) is 37.7 Å². The normalized spacial score (nSPS) is 15.1. The number of nitrogens with zero attached hydrogens (tertiary/aromatic N) is 3. The minimum Gasteiger partial charge on any atom is -0.353 e. The first-order chi connectivity index (χ1) is 13.5. The third-order valence-electron chi connectivity index (χ3n) is 4.63. The van der Waals surface area contributed by atoms with Crippen molar-refractivity contribution in [2.24, 2.45) is 0 Å². The molecule has 3 rings (SSSR count). The maximum Gasteiger partial charge on any atom is 0.318 e. The molecule has 1 saturated heterocycles. The lowest BCUT2D eigenvalue weighted by Gasteiger charge is -2.35. The molecule has 1 fully saturated rings. The highest BCUT2D eigenvalue weighted by Gasteiger charge is 2.24. The van der Waals surface area contributed by atoms with Gasteiger partial charge in [0.05, 0.1) is 0 Å². The minimum atomic E-state index is -0.625. The van der Waals surface area contributed by atoms with E-state index in [-0.39, 0.29) is 11.9 Å². The highest BCUT2D eigenvalue weighted by atomic mass is 35.5. The summed E-state index contributed by atoms with van der Waals surface area (Å²) < 4.78 is 0. The Morgan fingerprint density at radius 2 is 1.93 bits per heavy atom. The number of carbonyl (C=O) groups is 2. The Morgan fingerprint density at radius 1 is 1.14 bits per heavy atom. The van der Waals surface area contributed by atoms with Gasteiger partial charge in [0.1, 0.15) is 11.9 Å². The number of urea groups is 1. The number of piperazine rings is 1. The van der Waals surface area contributed by atoms with Crippen LogP contribution in [-0.4, -0.2) is 54.0 Å². The number of aromatic nitrogens is 1. The molecule has 2 aromatic rings. The molecule has 1 aromatic heterocycles. The topological polar surface area (TPSA) is 77.6 Å². The summed E-state index contributed by atoms with van der Waals surface area (Å²) in [5.74, 6) is 0.678. The van der Waals surface area contributed by atoms with Crippen LogP contribution in [-0.2, 0) is 11.3 Å². The molecule has 1 aliphatic heterocycles. The van der Waals surface area contributed by atoms with Crippen LogP contribution in [0.4, 0.5) is 10.6 Å². The van der Waals surface area contributed by atoms with Gasteiger partial charge in [-0.1, -0.05) is 29.8 Å². The van der Waals surface area contributed by atoms with Gasteiger partial charge in [-0.2, -0.15) is 0 Å². The summed E-state index contributed by atoms with van der Waals surface area (Å²) in [6.07, 6.45) is 1.76. The van der Waals surface area contributed by atoms with Gasteiger partial charge in [0.2, 0.25) is 5.91 Å². The van der Waals surface area contributed by atoms with Crippen LogP contribution in [0.15, 0.2) is 48.7 Å². The predicted octanol–water partition coefficient (Wildman–Crippen LogP) is 2.27. The molecule has 1 atom stereocenters. The minimum absolute atomic E-state index is 0.230. The molecular weight excluding hydrogens is 378 g/mol. The summed E-state index contributed by atoms with van der Waals surface area (Å²) in [6, 6.07) is 12.2. The average molecular weight is 402 g/mol. The van der Waals surface area contributed by atoms with Crippen molar-refractivity contribution in [2.75, 3.05) is 31.1 Å². The van der Waals surface area contributed by atoms with Gasteiger partial charge in [0.25, 0.3) is 0 Å². The van der Waals surface area contributed by atoms with E-state index in [1.165, 1.54) is 0 Å². The fourth-order valence-corrected chi connectivity index (χ4v) is 3.22. The average Bonchev–Trinajstić information content (AvgIpc) is 2.72. The van der Waals surface area contributed by atoms with Crippen molar-refractivity contribution in [1.82, 2.24) is 20.5 Å². The zero-order valence-corrected chi connectivity index (χ0v) is 16.5. The van der Waals surface area contributed by atoms with Crippen LogP contribution >= 0.6 is 11.6 Å². The number of pyridine rings is 1. The third kappa shape index (κ3) is 5.36. The quantitative estimate of drug-likeness (QED) is 0.805. The number of nitrogens with one attached hydrogen (secondary N) is 2. The molecule has 3 amide bonds. The van der Waals surface area contributed by atoms with Gasteiger partial charge in [0, 0.05) is 43.9 Å². The smallest absolute Gasteiger partial charge is 0.318 e. The molecule has 0 unspecified atom stereocenters. The monoisotopic (exact) mass is 401 g/mol. The fourth-order valence-electron chi connectivity index (χ4n) is 3.01. The van der Waals surface area contributed by atoms with Gasteiger partial charge in [0.15, 0.2) is 0 Å². The molecule has 1 aliphatic rings. The van der Waals surface area contributed by atoms with Gasteiger partial charge in [-0.3, -0.25) is 4.79 Å². The maximum atomic E-state index is 12.5. The first-order valence-corrected chi connectivity index (χ1v) is 9.64. The Balaban J connectivity index is 1.43. The van der Waals surface area contributed by atoms with Crippen molar-refractivity contribution < 1.29 is 9.59 Å². The van der Waals surface area contributed by atoms with Crippen molar-refractivity contribution in [3.05, 3.63) is 59.2 Å². The Hall–Kier alpha value is -2.80. The fraction of sp³-hybridized carbons (Fsp3) is 0.350. The van der Waals surface area contributed by atoms with Crippen LogP contribution in [0.5, 0.6) is 0 Å². The molecule has 1 aromatic carbocycles. The van der Waals surface area contributed by atoms with E-state index < -0.39 is 6.04 Å². The van der Waals surface area contributed by atoms with Crippen molar-refractivity contribution in [3.63, 3.8) is 0 Å². The molecule has 148 valence electrons. The molecule has 0 radical (unpaired) electrons. The molecule has 0 spiro atoms. The largest absolute Gasteiger partial charge is 0.353 e. The second-order valence-corrected chi connectivity index (χ2v) is 7.12. The summed E-state index contributed by atoms with van der Waals surface area (Å²) in [6.45, 7) is 4.62. The van der Waals surface area contributed by atoms with Crippen LogP contribution in [0.1, 0.15) is 12.5 Å². The summed E-state index contributed by atoms with van der Waals surface area (Å²) in [5, 5.41) is 6.20. The van der Waals surface area contributed by atoms with Gasteiger partial charge >= 0.3 is 6.03 Å². The van der Waals surface area contributed by atoms with Gasteiger partial charge < -0.3 is 20.4 Å². The molecule has 0 bridgehead atoms. The van der Waals surface area contributed by atoms with Gasteiger partial charge in [-0.15, -0.1) is 0 Å². The van der Waals surface area contributed by atoms with Crippen LogP contribution in [0.3, 0.4) is 0 Å².